The van der Waals surface area contributed by atoms with Crippen molar-refractivity contribution < 1.29 is 14.3 Å². The number of hydrogen-bond acceptors (Lipinski definition) is 4. The highest BCUT2D eigenvalue weighted by Gasteiger charge is 2.45. The minimum Gasteiger partial charge on any atom is -0.379 e. The zero-order valence-electron chi connectivity index (χ0n) is 19.6. The Labute approximate surface area is 192 Å². The van der Waals surface area contributed by atoms with Crippen LogP contribution in [0.3, 0.4) is 0 Å². The Bertz CT molecular complexity index is 757. The van der Waals surface area contributed by atoms with Gasteiger partial charge in [0.1, 0.15) is 0 Å². The maximum absolute atomic E-state index is 13.7. The average Bonchev–Trinajstić information content (AvgIpc) is 2.98. The van der Waals surface area contributed by atoms with Crippen molar-refractivity contribution in [2.75, 3.05) is 52.5 Å². The monoisotopic (exact) mass is 441 g/mol. The number of morpholine rings is 1. The summed E-state index contributed by atoms with van der Waals surface area (Å²) in [4.78, 5) is 32.9. The second-order valence-electron chi connectivity index (χ2n) is 9.95. The molecule has 0 aromatic heterocycles. The third-order valence-corrected chi connectivity index (χ3v) is 7.86. The van der Waals surface area contributed by atoms with Gasteiger partial charge in [-0.15, -0.1) is 0 Å². The van der Waals surface area contributed by atoms with Gasteiger partial charge in [-0.05, 0) is 37.2 Å². The van der Waals surface area contributed by atoms with E-state index in [1.165, 1.54) is 5.56 Å². The van der Waals surface area contributed by atoms with Crippen molar-refractivity contribution in [2.45, 2.75) is 52.0 Å². The maximum Gasteiger partial charge on any atom is 0.229 e. The molecule has 0 spiro atoms. The van der Waals surface area contributed by atoms with Crippen molar-refractivity contribution in [1.82, 2.24) is 14.7 Å². The Kier molecular flexibility index (Phi) is 7.84. The Morgan fingerprint density at radius 3 is 2.47 bits per heavy atom. The smallest absolute Gasteiger partial charge is 0.229 e. The first-order valence-electron chi connectivity index (χ1n) is 12.5. The molecule has 176 valence electrons. The molecule has 4 rings (SSSR count). The van der Waals surface area contributed by atoms with Gasteiger partial charge in [0, 0.05) is 57.6 Å². The highest BCUT2D eigenvalue weighted by molar-refractivity contribution is 5.83. The molecule has 3 fully saturated rings. The standard InChI is InChI=1S/C26H39N3O3/c1-26(12-5-6-13-29(25(26)31)21-22-7-3-2-4-8-22)23-9-15-28(16-10-23)24(30)11-14-27-17-19-32-20-18-27/h2-4,7-8,23H,5-6,9-21H2,1H3. The molecule has 1 aromatic carbocycles. The molecule has 0 N–H and O–H groups in total. The predicted octanol–water partition coefficient (Wildman–Crippen LogP) is 3.17. The highest BCUT2D eigenvalue weighted by atomic mass is 16.5. The molecule has 2 amide bonds. The number of likely N-dealkylation sites (tertiary alicyclic amines) is 2. The van der Waals surface area contributed by atoms with Crippen LogP contribution in [0, 0.1) is 11.3 Å². The SMILES string of the molecule is CC1(C2CCN(C(=O)CCN3CCOCC3)CC2)CCCCN(Cc2ccccc2)C1=O. The van der Waals surface area contributed by atoms with E-state index < -0.39 is 0 Å². The Balaban J connectivity index is 1.31. The van der Waals surface area contributed by atoms with Crippen LogP contribution in [-0.4, -0.2) is 79.0 Å². The van der Waals surface area contributed by atoms with Crippen LogP contribution in [0.5, 0.6) is 0 Å². The average molecular weight is 442 g/mol. The van der Waals surface area contributed by atoms with E-state index in [1.54, 1.807) is 0 Å². The molecule has 6 nitrogen and oxygen atoms in total. The van der Waals surface area contributed by atoms with Crippen molar-refractivity contribution in [3.63, 3.8) is 0 Å². The molecular formula is C26H39N3O3. The van der Waals surface area contributed by atoms with Crippen molar-refractivity contribution in [3.8, 4) is 0 Å². The van der Waals surface area contributed by atoms with Crippen LogP contribution in [-0.2, 0) is 20.9 Å². The highest BCUT2D eigenvalue weighted by Crippen LogP contribution is 2.43. The van der Waals surface area contributed by atoms with E-state index in [-0.39, 0.29) is 11.3 Å². The molecule has 1 atom stereocenters. The molecular weight excluding hydrogens is 402 g/mol. The second kappa shape index (κ2) is 10.8. The number of rotatable bonds is 6. The van der Waals surface area contributed by atoms with Crippen molar-refractivity contribution in [2.24, 2.45) is 11.3 Å². The van der Waals surface area contributed by atoms with Crippen LogP contribution in [0.25, 0.3) is 0 Å². The number of benzene rings is 1. The quantitative estimate of drug-likeness (QED) is 0.681. The van der Waals surface area contributed by atoms with Gasteiger partial charge in [-0.3, -0.25) is 14.5 Å². The van der Waals surface area contributed by atoms with Gasteiger partial charge in [-0.2, -0.15) is 0 Å². The molecule has 3 aliphatic rings. The number of hydrogen-bond donors (Lipinski definition) is 0. The van der Waals surface area contributed by atoms with Gasteiger partial charge in [0.15, 0.2) is 0 Å². The van der Waals surface area contributed by atoms with E-state index in [0.29, 0.717) is 24.8 Å². The van der Waals surface area contributed by atoms with Crippen molar-refractivity contribution in [3.05, 3.63) is 35.9 Å². The van der Waals surface area contributed by atoms with Crippen LogP contribution >= 0.6 is 0 Å². The van der Waals surface area contributed by atoms with Gasteiger partial charge in [0.2, 0.25) is 11.8 Å². The Morgan fingerprint density at radius 2 is 1.75 bits per heavy atom. The summed E-state index contributed by atoms with van der Waals surface area (Å²) >= 11 is 0. The summed E-state index contributed by atoms with van der Waals surface area (Å²) in [5.41, 5.74) is 0.889. The minimum absolute atomic E-state index is 0.262. The van der Waals surface area contributed by atoms with Crippen LogP contribution in [0.1, 0.15) is 51.0 Å². The topological polar surface area (TPSA) is 53.1 Å². The Hall–Kier alpha value is -1.92. The fraction of sp³-hybridized carbons (Fsp3) is 0.692. The Morgan fingerprint density at radius 1 is 1.03 bits per heavy atom. The zero-order chi connectivity index (χ0) is 22.4. The minimum atomic E-state index is -0.311. The fourth-order valence-electron chi connectivity index (χ4n) is 5.70. The van der Waals surface area contributed by atoms with E-state index in [2.05, 4.69) is 28.9 Å². The third-order valence-electron chi connectivity index (χ3n) is 7.86. The lowest BCUT2D eigenvalue weighted by molar-refractivity contribution is -0.146. The van der Waals surface area contributed by atoms with Crippen molar-refractivity contribution in [1.29, 1.82) is 0 Å². The number of piperidine rings is 1. The van der Waals surface area contributed by atoms with Gasteiger partial charge >= 0.3 is 0 Å². The van der Waals surface area contributed by atoms with Gasteiger partial charge in [-0.25, -0.2) is 0 Å². The van der Waals surface area contributed by atoms with E-state index in [0.717, 1.165) is 84.6 Å². The summed E-state index contributed by atoms with van der Waals surface area (Å²) in [5, 5.41) is 0. The van der Waals surface area contributed by atoms with Crippen molar-refractivity contribution >= 4 is 11.8 Å². The van der Waals surface area contributed by atoms with Crippen LogP contribution in [0.4, 0.5) is 0 Å². The fourth-order valence-corrected chi connectivity index (χ4v) is 5.70. The molecule has 0 bridgehead atoms. The molecule has 6 heteroatoms. The third kappa shape index (κ3) is 5.52. The molecule has 32 heavy (non-hydrogen) atoms. The van der Waals surface area contributed by atoms with E-state index >= 15 is 0 Å². The summed E-state index contributed by atoms with van der Waals surface area (Å²) in [6.07, 6.45) is 5.60. The molecule has 1 unspecified atom stereocenters. The first-order chi connectivity index (χ1) is 15.6. The first-order valence-corrected chi connectivity index (χ1v) is 12.5. The molecule has 3 heterocycles. The number of carbonyl (C=O) groups is 2. The summed E-state index contributed by atoms with van der Waals surface area (Å²) in [7, 11) is 0. The van der Waals surface area contributed by atoms with Gasteiger partial charge < -0.3 is 14.5 Å². The van der Waals surface area contributed by atoms with Gasteiger partial charge in [0.25, 0.3) is 0 Å². The number of ether oxygens (including phenoxy) is 1. The predicted molar refractivity (Wildman–Crippen MR) is 125 cm³/mol. The van der Waals surface area contributed by atoms with E-state index in [1.807, 2.05) is 23.1 Å². The number of nitrogens with zero attached hydrogens (tertiary/aromatic N) is 3. The summed E-state index contributed by atoms with van der Waals surface area (Å²) in [6, 6.07) is 10.3. The lowest BCUT2D eigenvalue weighted by Gasteiger charge is -2.43. The van der Waals surface area contributed by atoms with Gasteiger partial charge in [-0.1, -0.05) is 43.7 Å². The lowest BCUT2D eigenvalue weighted by Crippen LogP contribution is -2.49. The molecule has 1 aromatic rings. The van der Waals surface area contributed by atoms with Gasteiger partial charge in [0.05, 0.1) is 13.2 Å². The first kappa shape index (κ1) is 23.2. The summed E-state index contributed by atoms with van der Waals surface area (Å²) in [5.74, 6) is 0.934. The lowest BCUT2D eigenvalue weighted by atomic mass is 9.69. The summed E-state index contributed by atoms with van der Waals surface area (Å²) in [6.45, 7) is 9.54. The van der Waals surface area contributed by atoms with E-state index in [4.69, 9.17) is 4.74 Å². The number of carbonyl (C=O) groups excluding carboxylic acids is 2. The molecule has 0 saturated carbocycles. The molecule has 0 aliphatic carbocycles. The molecule has 0 radical (unpaired) electrons. The van der Waals surface area contributed by atoms with Crippen LogP contribution in [0.2, 0.25) is 0 Å². The second-order valence-corrected chi connectivity index (χ2v) is 9.95. The zero-order valence-corrected chi connectivity index (χ0v) is 19.6. The maximum atomic E-state index is 13.7. The van der Waals surface area contributed by atoms with Crippen LogP contribution in [0.15, 0.2) is 30.3 Å². The molecule has 3 saturated heterocycles. The van der Waals surface area contributed by atoms with Crippen LogP contribution < -0.4 is 0 Å². The normalized spacial score (nSPS) is 26.2. The molecule has 3 aliphatic heterocycles. The summed E-state index contributed by atoms with van der Waals surface area (Å²) < 4.78 is 5.39. The van der Waals surface area contributed by atoms with E-state index in [9.17, 15) is 9.59 Å². The number of amides is 2. The largest absolute Gasteiger partial charge is 0.379 e.